The maximum atomic E-state index is 9.98. The predicted octanol–water partition coefficient (Wildman–Crippen LogP) is 2.00. The summed E-state index contributed by atoms with van der Waals surface area (Å²) in [5.41, 5.74) is 0.696. The van der Waals surface area contributed by atoms with E-state index in [2.05, 4.69) is 17.1 Å². The van der Waals surface area contributed by atoms with Crippen molar-refractivity contribution in [3.63, 3.8) is 0 Å². The minimum absolute atomic E-state index is 0.200. The Hall–Kier alpha value is -0.120. The number of β-amino-alcohol motifs (C(OH)–C–C–N with tert-alkyl or cyclic N) is 1. The maximum absolute atomic E-state index is 9.98. The largest absolute Gasteiger partial charge is 0.390 e. The first kappa shape index (κ1) is 14.3. The second kappa shape index (κ2) is 6.88. The van der Waals surface area contributed by atoms with Gasteiger partial charge in [-0.25, -0.2) is 0 Å². The highest BCUT2D eigenvalue weighted by Crippen LogP contribution is 2.45. The monoisotopic (exact) mass is 254 g/mol. The zero-order valence-corrected chi connectivity index (χ0v) is 12.0. The Kier molecular flexibility index (Phi) is 5.46. The lowest BCUT2D eigenvalue weighted by molar-refractivity contribution is 0.0599. The van der Waals surface area contributed by atoms with E-state index < -0.39 is 0 Å². The van der Waals surface area contributed by atoms with Crippen molar-refractivity contribution in [2.24, 2.45) is 5.41 Å². The van der Waals surface area contributed by atoms with E-state index in [1.807, 2.05) is 0 Å². The standard InChI is InChI=1S/C15H30N2O/c1-2-9-16-12-14(18)13-17-10-7-15(8-11-17)5-3-4-6-15/h14,16,18H,2-13H2,1H3. The molecule has 1 aliphatic carbocycles. The number of nitrogens with zero attached hydrogens (tertiary/aromatic N) is 1. The summed E-state index contributed by atoms with van der Waals surface area (Å²) in [5.74, 6) is 0. The van der Waals surface area contributed by atoms with Crippen LogP contribution < -0.4 is 5.32 Å². The molecular weight excluding hydrogens is 224 g/mol. The van der Waals surface area contributed by atoms with Gasteiger partial charge in [0, 0.05) is 13.1 Å². The highest BCUT2D eigenvalue weighted by Gasteiger charge is 2.36. The van der Waals surface area contributed by atoms with Gasteiger partial charge < -0.3 is 15.3 Å². The van der Waals surface area contributed by atoms with Gasteiger partial charge in [-0.1, -0.05) is 19.8 Å². The van der Waals surface area contributed by atoms with Crippen LogP contribution in [0.25, 0.3) is 0 Å². The molecule has 1 saturated heterocycles. The van der Waals surface area contributed by atoms with Gasteiger partial charge in [0.1, 0.15) is 0 Å². The Morgan fingerprint density at radius 1 is 1.17 bits per heavy atom. The van der Waals surface area contributed by atoms with Crippen LogP contribution in [0.2, 0.25) is 0 Å². The lowest BCUT2D eigenvalue weighted by Crippen LogP contribution is -2.44. The third-order valence-electron chi connectivity index (χ3n) is 4.86. The number of rotatable bonds is 6. The summed E-state index contributed by atoms with van der Waals surface area (Å²) < 4.78 is 0. The third kappa shape index (κ3) is 3.94. The fourth-order valence-corrected chi connectivity index (χ4v) is 3.64. The van der Waals surface area contributed by atoms with E-state index in [1.54, 1.807) is 0 Å². The van der Waals surface area contributed by atoms with Crippen molar-refractivity contribution in [2.75, 3.05) is 32.7 Å². The molecule has 0 radical (unpaired) electrons. The fourth-order valence-electron chi connectivity index (χ4n) is 3.64. The molecule has 2 fully saturated rings. The van der Waals surface area contributed by atoms with Crippen LogP contribution in [0.5, 0.6) is 0 Å². The fraction of sp³-hybridized carbons (Fsp3) is 1.00. The Labute approximate surface area is 112 Å². The molecule has 1 unspecified atom stereocenters. The molecule has 3 heteroatoms. The molecule has 2 aliphatic rings. The van der Waals surface area contributed by atoms with Crippen molar-refractivity contribution in [1.29, 1.82) is 0 Å². The average molecular weight is 254 g/mol. The van der Waals surface area contributed by atoms with Crippen molar-refractivity contribution in [2.45, 2.75) is 58.0 Å². The van der Waals surface area contributed by atoms with E-state index in [-0.39, 0.29) is 6.10 Å². The van der Waals surface area contributed by atoms with Gasteiger partial charge >= 0.3 is 0 Å². The molecule has 1 aliphatic heterocycles. The lowest BCUT2D eigenvalue weighted by atomic mass is 9.77. The summed E-state index contributed by atoms with van der Waals surface area (Å²) in [5, 5.41) is 13.3. The van der Waals surface area contributed by atoms with E-state index in [9.17, 15) is 5.11 Å². The van der Waals surface area contributed by atoms with Crippen LogP contribution in [0, 0.1) is 5.41 Å². The molecule has 1 heterocycles. The molecule has 0 amide bonds. The second-order valence-corrected chi connectivity index (χ2v) is 6.37. The molecule has 0 aromatic heterocycles. The Balaban J connectivity index is 1.63. The predicted molar refractivity (Wildman–Crippen MR) is 75.7 cm³/mol. The molecule has 18 heavy (non-hydrogen) atoms. The highest BCUT2D eigenvalue weighted by atomic mass is 16.3. The van der Waals surface area contributed by atoms with Crippen molar-refractivity contribution in [3.8, 4) is 0 Å². The molecule has 2 N–H and O–H groups in total. The number of hydrogen-bond donors (Lipinski definition) is 2. The van der Waals surface area contributed by atoms with Gasteiger partial charge in [-0.05, 0) is 57.2 Å². The molecule has 0 aromatic carbocycles. The van der Waals surface area contributed by atoms with Crippen molar-refractivity contribution >= 4 is 0 Å². The first-order chi connectivity index (χ1) is 8.74. The first-order valence-electron chi connectivity index (χ1n) is 7.85. The van der Waals surface area contributed by atoms with Gasteiger partial charge in [0.25, 0.3) is 0 Å². The van der Waals surface area contributed by atoms with Crippen LogP contribution in [-0.4, -0.2) is 48.8 Å². The molecule has 1 atom stereocenters. The van der Waals surface area contributed by atoms with E-state index in [0.29, 0.717) is 5.41 Å². The van der Waals surface area contributed by atoms with E-state index >= 15 is 0 Å². The van der Waals surface area contributed by atoms with Crippen molar-refractivity contribution < 1.29 is 5.11 Å². The summed E-state index contributed by atoms with van der Waals surface area (Å²) in [6, 6.07) is 0. The molecule has 3 nitrogen and oxygen atoms in total. The van der Waals surface area contributed by atoms with Crippen LogP contribution in [0.3, 0.4) is 0 Å². The van der Waals surface area contributed by atoms with Gasteiger partial charge in [0.15, 0.2) is 0 Å². The van der Waals surface area contributed by atoms with Gasteiger partial charge in [0.2, 0.25) is 0 Å². The van der Waals surface area contributed by atoms with Gasteiger partial charge in [-0.15, -0.1) is 0 Å². The lowest BCUT2D eigenvalue weighted by Gasteiger charge is -2.40. The molecule has 106 valence electrons. The number of nitrogens with one attached hydrogen (secondary N) is 1. The van der Waals surface area contributed by atoms with Gasteiger partial charge in [-0.3, -0.25) is 0 Å². The van der Waals surface area contributed by atoms with Crippen LogP contribution in [0.1, 0.15) is 51.9 Å². The number of likely N-dealkylation sites (tertiary alicyclic amines) is 1. The zero-order chi connectivity index (χ0) is 12.8. The average Bonchev–Trinajstić information content (AvgIpc) is 2.81. The summed E-state index contributed by atoms with van der Waals surface area (Å²) in [4.78, 5) is 2.46. The molecule has 0 aromatic rings. The highest BCUT2D eigenvalue weighted by molar-refractivity contribution is 4.90. The molecule has 1 saturated carbocycles. The molecular formula is C15H30N2O. The minimum atomic E-state index is -0.200. The normalized spacial score (nSPS) is 25.7. The summed E-state index contributed by atoms with van der Waals surface area (Å²) >= 11 is 0. The minimum Gasteiger partial charge on any atom is -0.390 e. The van der Waals surface area contributed by atoms with E-state index in [4.69, 9.17) is 0 Å². The molecule has 0 bridgehead atoms. The van der Waals surface area contributed by atoms with Crippen molar-refractivity contribution in [1.82, 2.24) is 10.2 Å². The smallest absolute Gasteiger partial charge is 0.0791 e. The van der Waals surface area contributed by atoms with Crippen molar-refractivity contribution in [3.05, 3.63) is 0 Å². The van der Waals surface area contributed by atoms with Crippen LogP contribution >= 0.6 is 0 Å². The number of hydrogen-bond acceptors (Lipinski definition) is 3. The first-order valence-corrected chi connectivity index (χ1v) is 7.85. The Bertz CT molecular complexity index is 229. The summed E-state index contributed by atoms with van der Waals surface area (Å²) in [7, 11) is 0. The third-order valence-corrected chi connectivity index (χ3v) is 4.86. The quantitative estimate of drug-likeness (QED) is 0.712. The van der Waals surface area contributed by atoms with Crippen LogP contribution in [0.4, 0.5) is 0 Å². The Morgan fingerprint density at radius 3 is 2.44 bits per heavy atom. The summed E-state index contributed by atoms with van der Waals surface area (Å²) in [6.07, 6.45) is 9.48. The summed E-state index contributed by atoms with van der Waals surface area (Å²) in [6.45, 7) is 7.17. The maximum Gasteiger partial charge on any atom is 0.0791 e. The van der Waals surface area contributed by atoms with Crippen LogP contribution in [0.15, 0.2) is 0 Å². The molecule has 2 rings (SSSR count). The zero-order valence-electron chi connectivity index (χ0n) is 12.0. The Morgan fingerprint density at radius 2 is 1.83 bits per heavy atom. The number of piperidine rings is 1. The van der Waals surface area contributed by atoms with Crippen LogP contribution in [-0.2, 0) is 0 Å². The van der Waals surface area contributed by atoms with Gasteiger partial charge in [0.05, 0.1) is 6.10 Å². The van der Waals surface area contributed by atoms with Gasteiger partial charge in [-0.2, -0.15) is 0 Å². The molecule has 1 spiro atoms. The number of aliphatic hydroxyl groups is 1. The second-order valence-electron chi connectivity index (χ2n) is 6.37. The topological polar surface area (TPSA) is 35.5 Å². The SMILES string of the molecule is CCCNCC(O)CN1CCC2(CCCC2)CC1. The number of aliphatic hydroxyl groups excluding tert-OH is 1. The van der Waals surface area contributed by atoms with E-state index in [1.165, 1.54) is 51.6 Å². The van der Waals surface area contributed by atoms with E-state index in [0.717, 1.165) is 26.1 Å².